The van der Waals surface area contributed by atoms with E-state index in [1.807, 2.05) is 12.1 Å². The number of hydrogen-bond donors (Lipinski definition) is 0. The zero-order valence-electron chi connectivity index (χ0n) is 19.1. The fraction of sp³-hybridized carbons (Fsp3) is 0.333. The molecule has 0 radical (unpaired) electrons. The Morgan fingerprint density at radius 3 is 2.47 bits per heavy atom. The van der Waals surface area contributed by atoms with Gasteiger partial charge in [0.2, 0.25) is 0 Å². The largest absolute Gasteiger partial charge is 0.493 e. The van der Waals surface area contributed by atoms with Crippen LogP contribution in [0, 0.1) is 0 Å². The molecule has 0 saturated heterocycles. The number of rotatable bonds is 8. The molecule has 2 aliphatic heterocycles. The molecule has 2 heterocycles. The summed E-state index contributed by atoms with van der Waals surface area (Å²) in [6.45, 7) is 9.86. The average Bonchev–Trinajstić information content (AvgIpc) is 2.84. The molecule has 2 aromatic rings. The molecule has 168 valence electrons. The van der Waals surface area contributed by atoms with Crippen molar-refractivity contribution in [2.24, 2.45) is 0 Å². The minimum Gasteiger partial charge on any atom is -0.493 e. The van der Waals surface area contributed by atoms with E-state index >= 15 is 0 Å². The topological polar surface area (TPSA) is 40.2 Å². The number of allylic oxidation sites excluding steroid dienone is 2. The van der Waals surface area contributed by atoms with E-state index in [1.54, 1.807) is 33.5 Å². The number of fused-ring (bicyclic) bond motifs is 4. The van der Waals surface area contributed by atoms with Gasteiger partial charge in [0.05, 0.1) is 21.3 Å². The van der Waals surface area contributed by atoms with Crippen molar-refractivity contribution >= 4 is 0 Å². The molecule has 1 unspecified atom stereocenters. The number of benzene rings is 2. The van der Waals surface area contributed by atoms with Gasteiger partial charge in [-0.25, -0.2) is 0 Å². The van der Waals surface area contributed by atoms with Crippen LogP contribution in [0.2, 0.25) is 0 Å². The van der Waals surface area contributed by atoms with Crippen LogP contribution in [0.3, 0.4) is 0 Å². The van der Waals surface area contributed by atoms with Crippen LogP contribution in [0.5, 0.6) is 23.0 Å². The van der Waals surface area contributed by atoms with Gasteiger partial charge in [-0.3, -0.25) is 4.90 Å². The molecule has 2 aliphatic rings. The molecule has 0 bridgehead atoms. The monoisotopic (exact) mass is 433 g/mol. The first-order chi connectivity index (χ1) is 15.6. The van der Waals surface area contributed by atoms with Crippen LogP contribution in [0.15, 0.2) is 61.2 Å². The summed E-state index contributed by atoms with van der Waals surface area (Å²) >= 11 is 0. The maximum absolute atomic E-state index is 6.27. The minimum atomic E-state index is 0.302. The Labute approximate surface area is 190 Å². The summed E-state index contributed by atoms with van der Waals surface area (Å²) in [5.41, 5.74) is 6.12. The lowest BCUT2D eigenvalue weighted by Gasteiger charge is -2.42. The first kappa shape index (κ1) is 22.0. The Morgan fingerprint density at radius 1 is 1.03 bits per heavy atom. The summed E-state index contributed by atoms with van der Waals surface area (Å²) in [7, 11) is 5.06. The Kier molecular flexibility index (Phi) is 6.56. The lowest BCUT2D eigenvalue weighted by molar-refractivity contribution is 0.156. The standard InChI is InChI=1S/C27H31NO4/c1-6-8-18(7-2)17-32-27-22-16-28-12-11-20-14-25(30-4)26(31-5)15-21(20)23(28)13-19(22)9-10-24(27)29-3/h6-10,14-15,23H,1-2,11-13,16-17H2,3-5H3/b18-8+. The molecule has 32 heavy (non-hydrogen) atoms. The van der Waals surface area contributed by atoms with Gasteiger partial charge in [0.1, 0.15) is 6.61 Å². The molecule has 2 aromatic carbocycles. The summed E-state index contributed by atoms with van der Waals surface area (Å²) in [5, 5.41) is 0. The Balaban J connectivity index is 1.69. The summed E-state index contributed by atoms with van der Waals surface area (Å²) in [4.78, 5) is 2.52. The van der Waals surface area contributed by atoms with Gasteiger partial charge < -0.3 is 18.9 Å². The highest BCUT2D eigenvalue weighted by Crippen LogP contribution is 2.46. The van der Waals surface area contributed by atoms with Crippen LogP contribution in [0.4, 0.5) is 0 Å². The van der Waals surface area contributed by atoms with Crippen molar-refractivity contribution in [3.8, 4) is 23.0 Å². The van der Waals surface area contributed by atoms with Crippen molar-refractivity contribution in [3.05, 3.63) is 83.5 Å². The lowest BCUT2D eigenvalue weighted by Crippen LogP contribution is -2.39. The summed E-state index contributed by atoms with van der Waals surface area (Å²) in [6.07, 6.45) is 7.34. The maximum Gasteiger partial charge on any atom is 0.166 e. The van der Waals surface area contributed by atoms with E-state index in [9.17, 15) is 0 Å². The Bertz CT molecular complexity index is 1060. The van der Waals surface area contributed by atoms with Crippen LogP contribution >= 0.6 is 0 Å². The molecule has 0 fully saturated rings. The van der Waals surface area contributed by atoms with Gasteiger partial charge >= 0.3 is 0 Å². The van der Waals surface area contributed by atoms with E-state index in [4.69, 9.17) is 18.9 Å². The number of methoxy groups -OCH3 is 3. The van der Waals surface area contributed by atoms with E-state index in [0.29, 0.717) is 12.6 Å². The second-order valence-corrected chi connectivity index (χ2v) is 8.05. The van der Waals surface area contributed by atoms with E-state index in [2.05, 4.69) is 36.3 Å². The number of nitrogens with zero attached hydrogens (tertiary/aromatic N) is 1. The molecule has 0 N–H and O–H groups in total. The molecule has 0 aliphatic carbocycles. The van der Waals surface area contributed by atoms with Crippen molar-refractivity contribution in [3.63, 3.8) is 0 Å². The zero-order chi connectivity index (χ0) is 22.7. The van der Waals surface area contributed by atoms with Gasteiger partial charge in [-0.05, 0) is 53.3 Å². The molecular formula is C27H31NO4. The Hall–Kier alpha value is -3.18. The van der Waals surface area contributed by atoms with Crippen molar-refractivity contribution < 1.29 is 18.9 Å². The molecule has 0 spiro atoms. The highest BCUT2D eigenvalue weighted by atomic mass is 16.5. The highest BCUT2D eigenvalue weighted by molar-refractivity contribution is 5.55. The van der Waals surface area contributed by atoms with Crippen LogP contribution in [0.1, 0.15) is 28.3 Å². The van der Waals surface area contributed by atoms with Crippen LogP contribution < -0.4 is 18.9 Å². The highest BCUT2D eigenvalue weighted by Gasteiger charge is 2.35. The van der Waals surface area contributed by atoms with Crippen LogP contribution in [0.25, 0.3) is 0 Å². The second kappa shape index (κ2) is 9.53. The molecule has 5 heteroatoms. The first-order valence-electron chi connectivity index (χ1n) is 10.9. The van der Waals surface area contributed by atoms with Crippen molar-refractivity contribution in [2.75, 3.05) is 34.5 Å². The summed E-state index contributed by atoms with van der Waals surface area (Å²) in [6, 6.07) is 8.75. The molecule has 1 atom stereocenters. The van der Waals surface area contributed by atoms with E-state index < -0.39 is 0 Å². The quantitative estimate of drug-likeness (QED) is 0.545. The fourth-order valence-electron chi connectivity index (χ4n) is 4.73. The molecule has 0 saturated carbocycles. The predicted molar refractivity (Wildman–Crippen MR) is 127 cm³/mol. The van der Waals surface area contributed by atoms with E-state index in [-0.39, 0.29) is 0 Å². The predicted octanol–water partition coefficient (Wildman–Crippen LogP) is 5.05. The van der Waals surface area contributed by atoms with Crippen LogP contribution in [-0.2, 0) is 19.4 Å². The number of hydrogen-bond acceptors (Lipinski definition) is 5. The first-order valence-corrected chi connectivity index (χ1v) is 10.9. The van der Waals surface area contributed by atoms with Crippen LogP contribution in [-0.4, -0.2) is 39.4 Å². The molecule has 4 rings (SSSR count). The fourth-order valence-corrected chi connectivity index (χ4v) is 4.73. The van der Waals surface area contributed by atoms with E-state index in [0.717, 1.165) is 54.5 Å². The van der Waals surface area contributed by atoms with Crippen molar-refractivity contribution in [1.29, 1.82) is 0 Å². The van der Waals surface area contributed by atoms with Crippen molar-refractivity contribution in [1.82, 2.24) is 4.90 Å². The Morgan fingerprint density at radius 2 is 1.78 bits per heavy atom. The smallest absolute Gasteiger partial charge is 0.166 e. The van der Waals surface area contributed by atoms with E-state index in [1.165, 1.54) is 22.3 Å². The lowest BCUT2D eigenvalue weighted by atomic mass is 9.83. The third-order valence-corrected chi connectivity index (χ3v) is 6.41. The summed E-state index contributed by atoms with van der Waals surface area (Å²) < 4.78 is 23.0. The maximum atomic E-state index is 6.27. The van der Waals surface area contributed by atoms with Gasteiger partial charge in [-0.15, -0.1) is 0 Å². The molecule has 0 amide bonds. The number of ether oxygens (including phenoxy) is 4. The second-order valence-electron chi connectivity index (χ2n) is 8.05. The molecular weight excluding hydrogens is 402 g/mol. The van der Waals surface area contributed by atoms with Gasteiger partial charge in [0, 0.05) is 24.7 Å². The molecule has 5 nitrogen and oxygen atoms in total. The molecule has 0 aromatic heterocycles. The SMILES string of the molecule is C=C/C=C(\C=C)COc1c(OC)ccc2c1CN1CCc3cc(OC)c(OC)cc3C1C2. The third kappa shape index (κ3) is 4.00. The summed E-state index contributed by atoms with van der Waals surface area (Å²) in [5.74, 6) is 3.15. The van der Waals surface area contributed by atoms with Gasteiger partial charge in [-0.1, -0.05) is 37.5 Å². The normalized spacial score (nSPS) is 17.5. The zero-order valence-corrected chi connectivity index (χ0v) is 19.1. The van der Waals surface area contributed by atoms with Gasteiger partial charge in [0.25, 0.3) is 0 Å². The minimum absolute atomic E-state index is 0.302. The van der Waals surface area contributed by atoms with Crippen molar-refractivity contribution in [2.45, 2.75) is 25.4 Å². The van der Waals surface area contributed by atoms with Gasteiger partial charge in [-0.2, -0.15) is 0 Å². The third-order valence-electron chi connectivity index (χ3n) is 6.41. The average molecular weight is 434 g/mol. The van der Waals surface area contributed by atoms with Gasteiger partial charge in [0.15, 0.2) is 23.0 Å².